The SMILES string of the molecule is CC1(C)C=C(CN2CCN(Cc3ccc(NC(=O)c4ccccc4[Se][Se]c4ccccc4C(=O)Nc4ccc(CN5CCN(CC6=CC(C)(C)NC6(C)C)CC5)cc4)cc3)CC2)C(C)(C)N1. The van der Waals surface area contributed by atoms with Gasteiger partial charge in [-0.25, -0.2) is 0 Å². The zero-order chi connectivity index (χ0) is 46.7. The van der Waals surface area contributed by atoms with Crippen molar-refractivity contribution in [1.82, 2.24) is 30.2 Å². The first kappa shape index (κ1) is 48.6. The van der Waals surface area contributed by atoms with Gasteiger partial charge in [-0.1, -0.05) is 12.2 Å². The molecule has 4 heterocycles. The fourth-order valence-electron chi connectivity index (χ4n) is 10.1. The van der Waals surface area contributed by atoms with Gasteiger partial charge in [-0.15, -0.1) is 0 Å². The molecule has 2 fully saturated rings. The molecule has 8 rings (SSSR count). The molecule has 0 spiro atoms. The minimum atomic E-state index is -0.105. The summed E-state index contributed by atoms with van der Waals surface area (Å²) in [6, 6.07) is 32.4. The summed E-state index contributed by atoms with van der Waals surface area (Å²) < 4.78 is 2.07. The van der Waals surface area contributed by atoms with Crippen LogP contribution in [0.5, 0.6) is 0 Å². The Bertz CT molecular complexity index is 2240. The predicted molar refractivity (Wildman–Crippen MR) is 275 cm³/mol. The van der Waals surface area contributed by atoms with E-state index in [0.29, 0.717) is 11.1 Å². The van der Waals surface area contributed by atoms with E-state index in [4.69, 9.17) is 0 Å². The van der Waals surface area contributed by atoms with Gasteiger partial charge >= 0.3 is 273 Å². The van der Waals surface area contributed by atoms with Crippen LogP contribution in [0.25, 0.3) is 0 Å². The van der Waals surface area contributed by atoms with Crippen LogP contribution < -0.4 is 30.2 Å². The predicted octanol–water partition coefficient (Wildman–Crippen LogP) is 5.87. The summed E-state index contributed by atoms with van der Waals surface area (Å²) in [5, 5.41) is 13.8. The molecule has 0 aromatic heterocycles. The number of hydrogen-bond donors (Lipinski definition) is 4. The molecule has 10 nitrogen and oxygen atoms in total. The third kappa shape index (κ3) is 12.6. The van der Waals surface area contributed by atoms with Gasteiger partial charge in [0.15, 0.2) is 0 Å². The van der Waals surface area contributed by atoms with Gasteiger partial charge in [-0.05, 0) is 66.5 Å². The van der Waals surface area contributed by atoms with Crippen LogP contribution in [0.2, 0.25) is 0 Å². The van der Waals surface area contributed by atoms with E-state index in [-0.39, 0.29) is 60.2 Å². The average Bonchev–Trinajstić information content (AvgIpc) is 3.63. The van der Waals surface area contributed by atoms with Gasteiger partial charge in [0.25, 0.3) is 0 Å². The third-order valence-electron chi connectivity index (χ3n) is 13.4. The molecule has 0 unspecified atom stereocenters. The minimum absolute atomic E-state index is 0.0193. The Balaban J connectivity index is 0.788. The van der Waals surface area contributed by atoms with Crippen LogP contribution in [0.4, 0.5) is 11.4 Å². The van der Waals surface area contributed by atoms with Gasteiger partial charge in [-0.3, -0.25) is 20.4 Å². The van der Waals surface area contributed by atoms with Crippen LogP contribution >= 0.6 is 0 Å². The summed E-state index contributed by atoms with van der Waals surface area (Å²) in [5.41, 5.74) is 8.57. The van der Waals surface area contributed by atoms with Crippen LogP contribution in [0.3, 0.4) is 0 Å². The second kappa shape index (κ2) is 20.4. The molecule has 4 aliphatic heterocycles. The fourth-order valence-corrected chi connectivity index (χ4v) is 17.2. The minimum Gasteiger partial charge on any atom is -0.300 e. The number of carbonyl (C=O) groups is 2. The van der Waals surface area contributed by atoms with Gasteiger partial charge in [0.05, 0.1) is 0 Å². The van der Waals surface area contributed by atoms with Crippen molar-refractivity contribution in [3.8, 4) is 0 Å². The summed E-state index contributed by atoms with van der Waals surface area (Å²) in [4.78, 5) is 37.6. The van der Waals surface area contributed by atoms with E-state index >= 15 is 0 Å². The van der Waals surface area contributed by atoms with E-state index < -0.39 is 0 Å². The standard InChI is InChI=1S/C54H70N8O2Se2/c1-51(2)33-41(53(5,6)57-51)37-61-29-25-59(26-30-61)35-39-17-21-43(22-18-39)55-49(63)45-13-9-11-15-47(45)65-66-48-16-12-10-14-46(48)50(64)56-44-23-19-40(20-24-44)36-60-27-31-62(32-28-60)38-42-34-52(3,4)58-54(42,7)8/h9-24,33-34,57-58H,25-32,35-38H2,1-8H3,(H,55,63)(H,56,64). The zero-order valence-electron chi connectivity index (χ0n) is 40.3. The maximum absolute atomic E-state index is 13.7. The van der Waals surface area contributed by atoms with Crippen LogP contribution in [-0.2, 0) is 13.1 Å². The molecule has 2 amide bonds. The Morgan fingerprint density at radius 3 is 1.11 bits per heavy atom. The Morgan fingerprint density at radius 2 is 0.788 bits per heavy atom. The van der Waals surface area contributed by atoms with E-state index in [0.717, 1.165) is 98.8 Å². The molecule has 4 N–H and O–H groups in total. The molecule has 0 aliphatic carbocycles. The Kier molecular flexibility index (Phi) is 15.0. The Labute approximate surface area is 405 Å². The quantitative estimate of drug-likeness (QED) is 0.0869. The summed E-state index contributed by atoms with van der Waals surface area (Å²) in [7, 11) is 0. The average molecular weight is 1020 g/mol. The first-order chi connectivity index (χ1) is 31.4. The van der Waals surface area contributed by atoms with E-state index in [1.165, 1.54) is 22.3 Å². The number of nitrogens with one attached hydrogen (secondary N) is 4. The molecule has 4 aromatic carbocycles. The molecule has 2 saturated heterocycles. The van der Waals surface area contributed by atoms with Gasteiger partial charge in [0, 0.05) is 35.2 Å². The van der Waals surface area contributed by atoms with Crippen molar-refractivity contribution in [3.63, 3.8) is 0 Å². The monoisotopic (exact) mass is 1020 g/mol. The smallest absolute Gasteiger partial charge is 0.300 e. The van der Waals surface area contributed by atoms with E-state index in [9.17, 15) is 9.59 Å². The number of anilines is 2. The van der Waals surface area contributed by atoms with Gasteiger partial charge in [0.2, 0.25) is 0 Å². The van der Waals surface area contributed by atoms with Crippen LogP contribution in [0.15, 0.2) is 120 Å². The van der Waals surface area contributed by atoms with E-state index in [1.807, 2.05) is 60.7 Å². The summed E-state index contributed by atoms with van der Waals surface area (Å²) in [5.74, 6) is -0.211. The summed E-state index contributed by atoms with van der Waals surface area (Å²) >= 11 is -0.0386. The number of benzene rings is 4. The van der Waals surface area contributed by atoms with Crippen molar-refractivity contribution in [1.29, 1.82) is 0 Å². The first-order valence-electron chi connectivity index (χ1n) is 23.6. The number of amides is 2. The first-order valence-corrected chi connectivity index (χ1v) is 29.7. The van der Waals surface area contributed by atoms with Crippen LogP contribution in [0.1, 0.15) is 87.2 Å². The van der Waals surface area contributed by atoms with Crippen molar-refractivity contribution in [2.45, 2.75) is 90.6 Å². The Hall–Kier alpha value is -3.90. The number of rotatable bonds is 15. The van der Waals surface area contributed by atoms with Crippen molar-refractivity contribution >= 4 is 58.4 Å². The van der Waals surface area contributed by atoms with Gasteiger partial charge in [-0.2, -0.15) is 0 Å². The molecule has 66 heavy (non-hydrogen) atoms. The summed E-state index contributed by atoms with van der Waals surface area (Å²) in [6.45, 7) is 30.4. The second-order valence-electron chi connectivity index (χ2n) is 20.8. The third-order valence-corrected chi connectivity index (χ3v) is 20.6. The number of carbonyl (C=O) groups excluding carboxylic acids is 2. The molecule has 0 saturated carbocycles. The van der Waals surface area contributed by atoms with E-state index in [2.05, 4.69) is 145 Å². The number of hydrogen-bond acceptors (Lipinski definition) is 8. The zero-order valence-corrected chi connectivity index (χ0v) is 43.7. The number of nitrogens with zero attached hydrogens (tertiary/aromatic N) is 4. The molecule has 0 radical (unpaired) electrons. The van der Waals surface area contributed by atoms with Gasteiger partial charge in [0.1, 0.15) is 0 Å². The molecule has 4 aliphatic rings. The topological polar surface area (TPSA) is 95.2 Å². The van der Waals surface area contributed by atoms with Crippen LogP contribution in [-0.4, -0.2) is 145 Å². The van der Waals surface area contributed by atoms with Gasteiger partial charge < -0.3 is 0 Å². The normalized spacial score (nSPS) is 20.7. The summed E-state index contributed by atoms with van der Waals surface area (Å²) in [6.07, 6.45) is 4.83. The fraction of sp³-hybridized carbons (Fsp3) is 0.444. The van der Waals surface area contributed by atoms with Crippen molar-refractivity contribution in [3.05, 3.63) is 143 Å². The van der Waals surface area contributed by atoms with Crippen molar-refractivity contribution in [2.75, 3.05) is 76.1 Å². The molecule has 350 valence electrons. The molecule has 4 aromatic rings. The second-order valence-corrected chi connectivity index (χ2v) is 27.0. The number of piperazine rings is 2. The maximum atomic E-state index is 13.7. The molecular weight excluding hydrogens is 951 g/mol. The van der Waals surface area contributed by atoms with E-state index in [1.54, 1.807) is 0 Å². The van der Waals surface area contributed by atoms with Crippen LogP contribution in [0, 0.1) is 0 Å². The van der Waals surface area contributed by atoms with Crippen molar-refractivity contribution < 1.29 is 9.59 Å². The Morgan fingerprint density at radius 1 is 0.470 bits per heavy atom. The molecule has 0 atom stereocenters. The van der Waals surface area contributed by atoms with Crippen molar-refractivity contribution in [2.24, 2.45) is 0 Å². The molecule has 0 bridgehead atoms. The molecule has 12 heteroatoms. The molecular formula is C54H70N8O2Se2.